The van der Waals surface area contributed by atoms with E-state index in [-0.39, 0.29) is 24.7 Å². The number of ether oxygens (including phenoxy) is 4. The number of hydrogen-bond donors (Lipinski definition) is 6. The van der Waals surface area contributed by atoms with Crippen LogP contribution in [0.15, 0.2) is 162 Å². The molecule has 6 N–H and O–H groups in total. The van der Waals surface area contributed by atoms with Gasteiger partial charge in [0.15, 0.2) is 11.4 Å². The van der Waals surface area contributed by atoms with Crippen LogP contribution in [0.2, 0.25) is 0 Å². The fraction of sp³-hybridized carbons (Fsp3) is 0.253. The number of carbonyl (C=O) groups is 4. The van der Waals surface area contributed by atoms with E-state index in [2.05, 4.69) is 89.8 Å². The van der Waals surface area contributed by atoms with Crippen molar-refractivity contribution in [1.29, 1.82) is 5.26 Å². The van der Waals surface area contributed by atoms with Crippen LogP contribution >= 0.6 is 23.5 Å². The fourth-order valence-corrected chi connectivity index (χ4v) is 18.8. The maximum absolute atomic E-state index is 13.5. The number of aliphatic hydroxyl groups is 2. The van der Waals surface area contributed by atoms with E-state index in [0.29, 0.717) is 41.4 Å². The molecule has 510 valence electrons. The molecule has 102 heavy (non-hydrogen) atoms. The number of benzene rings is 8. The lowest BCUT2D eigenvalue weighted by Gasteiger charge is -2.37. The minimum absolute atomic E-state index is 0.0119. The zero-order chi connectivity index (χ0) is 70.0. The third kappa shape index (κ3) is 8.73. The highest BCUT2D eigenvalue weighted by Crippen LogP contribution is 2.60. The number of rotatable bonds is 10. The second-order valence-corrected chi connectivity index (χ2v) is 29.4. The van der Waals surface area contributed by atoms with Gasteiger partial charge in [0.2, 0.25) is 17.2 Å². The van der Waals surface area contributed by atoms with Crippen LogP contribution in [0.25, 0.3) is 92.8 Å². The minimum Gasteiger partial charge on any atom is -0.467 e. The van der Waals surface area contributed by atoms with E-state index in [1.165, 1.54) is 25.3 Å². The molecule has 2 fully saturated rings. The van der Waals surface area contributed by atoms with Gasteiger partial charge < -0.3 is 68.7 Å². The number of nitrogens with zero attached hydrogens (tertiary/aromatic N) is 7. The Morgan fingerprint density at radius 3 is 1.85 bits per heavy atom. The van der Waals surface area contributed by atoms with Gasteiger partial charge in [0.05, 0.1) is 85.9 Å². The van der Waals surface area contributed by atoms with Crippen molar-refractivity contribution in [2.24, 2.45) is 0 Å². The van der Waals surface area contributed by atoms with E-state index in [0.717, 1.165) is 144 Å². The number of hydrogen-bond acceptors (Lipinski definition) is 17. The van der Waals surface area contributed by atoms with Crippen LogP contribution in [0.5, 0.6) is 0 Å². The Morgan fingerprint density at radius 1 is 0.676 bits per heavy atom. The first-order valence-corrected chi connectivity index (χ1v) is 35.9. The number of amides is 2. The number of carbonyl (C=O) groups excluding carboxylic acids is 4. The van der Waals surface area contributed by atoms with E-state index in [1.54, 1.807) is 37.9 Å². The lowest BCUT2D eigenvalue weighted by molar-refractivity contribution is -0.203. The molecule has 2 saturated heterocycles. The molecule has 20 rings (SSSR count). The van der Waals surface area contributed by atoms with Crippen LogP contribution in [0, 0.1) is 18.3 Å². The van der Waals surface area contributed by atoms with Gasteiger partial charge in [-0.3, -0.25) is 9.59 Å². The van der Waals surface area contributed by atoms with E-state index in [1.807, 2.05) is 131 Å². The predicted molar refractivity (Wildman–Crippen MR) is 394 cm³/mol. The van der Waals surface area contributed by atoms with Crippen molar-refractivity contribution in [3.63, 3.8) is 0 Å². The number of aryl methyl sites for hydroxylation is 1. The Kier molecular flexibility index (Phi) is 14.4. The first-order chi connectivity index (χ1) is 49.5. The molecule has 8 aromatic carbocycles. The lowest BCUT2D eigenvalue weighted by atomic mass is 9.88. The summed E-state index contributed by atoms with van der Waals surface area (Å²) in [5.74, 6) is 0.765. The normalized spacial score (nSPS) is 22.7. The van der Waals surface area contributed by atoms with E-state index in [9.17, 15) is 34.7 Å². The third-order valence-corrected chi connectivity index (χ3v) is 23.8. The molecule has 2 amide bonds. The number of aromatic nitrogens is 6. The van der Waals surface area contributed by atoms with E-state index < -0.39 is 47.0 Å². The molecule has 7 aliphatic heterocycles. The maximum Gasteiger partial charge on any atom is 0.343 e. The van der Waals surface area contributed by atoms with Crippen LogP contribution in [-0.2, 0) is 65.2 Å². The summed E-state index contributed by atoms with van der Waals surface area (Å²) in [6.45, 7) is 9.27. The Bertz CT molecular complexity index is 5950. The van der Waals surface area contributed by atoms with Crippen LogP contribution in [0.1, 0.15) is 100 Å². The summed E-state index contributed by atoms with van der Waals surface area (Å²) < 4.78 is 31.9. The fourth-order valence-electron chi connectivity index (χ4n) is 17.2. The molecule has 21 nitrogen and oxygen atoms in total. The van der Waals surface area contributed by atoms with Gasteiger partial charge in [-0.25, -0.2) is 19.6 Å². The Balaban J connectivity index is 0.000000112. The predicted octanol–water partition coefficient (Wildman–Crippen LogP) is 13.4. The molecule has 4 bridgehead atoms. The molecule has 13 aromatic rings. The smallest absolute Gasteiger partial charge is 0.343 e. The van der Waals surface area contributed by atoms with Gasteiger partial charge in [0, 0.05) is 92.4 Å². The van der Waals surface area contributed by atoms with Gasteiger partial charge in [-0.05, 0) is 110 Å². The average molecular weight is 1390 g/mol. The van der Waals surface area contributed by atoms with Crippen LogP contribution in [0.4, 0.5) is 11.6 Å². The quantitative estimate of drug-likeness (QED) is 0.0549. The first kappa shape index (κ1) is 63.5. The zero-order valence-corrected chi connectivity index (χ0v) is 58.0. The second kappa shape index (κ2) is 23.2. The highest BCUT2D eigenvalue weighted by Gasteiger charge is 2.67. The molecule has 23 heteroatoms. The molecule has 5 aromatic heterocycles. The topological polar surface area (TPSA) is 263 Å². The lowest BCUT2D eigenvalue weighted by Crippen LogP contribution is -2.56. The van der Waals surface area contributed by atoms with Gasteiger partial charge in [-0.2, -0.15) is 17.0 Å². The number of methoxy groups -OCH3 is 2. The maximum atomic E-state index is 13.5. The molecule has 12 heterocycles. The minimum atomic E-state index is -1.94. The molecule has 0 aliphatic carbocycles. The second-order valence-electron chi connectivity index (χ2n) is 27.1. The summed E-state index contributed by atoms with van der Waals surface area (Å²) >= 11 is 3.40. The number of anilines is 2. The standard InChI is InChI=1S/C31H29N3O5S.C27H21N3O5.C21H17N5S/c1-5-40-14-16-7-9-21-18(11-16)23-19-13-32-28(35)25(19)24-17-10-15(2)6-8-20(17)33-22-12-31(37,29(36)38-4)30(3,39-22)34(21)27(23)26(24)33;1-26-27(33,25(32)34-2)11-18(35-26)29-16-9-5-3-7-13(16)20-21-15(12-28-24(21)31)19-14-8-4-6-10-17(14)30(26)23(19)22(20)29;22-14-16(20-25-18-8-4-5-9-19(18)27-20)17-11-13-24-21(26-17)23-12-10-15-6-2-1-3-7-15/h6-11,22,37H,5,12-14H2,1-4H3,(H,32,35);3-10,18,33H,11-12H2,1-2H3,(H,28,31);1-9,11,13,25H,10,12H2,(H,23,24,26)/b;;20-16+/t22?,30-,31-;18-,26+,27+;/m00./s1. The number of thioether (sulfide) groups is 2. The number of nitriles is 1. The average Bonchev–Trinajstić information content (AvgIpc) is 1.50. The summed E-state index contributed by atoms with van der Waals surface area (Å²) in [4.78, 5) is 63.1. The van der Waals surface area contributed by atoms with Gasteiger partial charge in [0.25, 0.3) is 11.8 Å². The SMILES string of the molecule is CCSCc1ccc2c(c1)c1c3c(c4c5cc(C)ccc5n5c4c1n2[C@@]1(C)OC5C[C@]1(O)C(=O)OC)C(=O)NC3.COC(=O)[C@]1(O)C[C@@H]2O[C@@]1(C)n1c3ccccc3c3c4c(c5c6ccccc6n2c5c31)C(=O)NC4.N#C/C(=C1/Nc2ccccc2S1)c1ccnc(NCCc2ccccc2)n1. The van der Waals surface area contributed by atoms with Crippen LogP contribution < -0.4 is 21.3 Å². The molecule has 1 unspecified atom stereocenters. The molecule has 0 saturated carbocycles. The Morgan fingerprint density at radius 2 is 1.23 bits per heavy atom. The number of nitrogens with one attached hydrogen (secondary N) is 4. The van der Waals surface area contributed by atoms with Gasteiger partial charge in [0.1, 0.15) is 24.1 Å². The van der Waals surface area contributed by atoms with Crippen molar-refractivity contribution in [3.05, 3.63) is 201 Å². The highest BCUT2D eigenvalue weighted by molar-refractivity contribution is 8.04. The van der Waals surface area contributed by atoms with E-state index >= 15 is 0 Å². The van der Waals surface area contributed by atoms with Crippen LogP contribution in [-0.4, -0.2) is 99.9 Å². The first-order valence-electron chi connectivity index (χ1n) is 34.0. The molecule has 6 atom stereocenters. The summed E-state index contributed by atoms with van der Waals surface area (Å²) in [6, 6.07) is 50.6. The van der Waals surface area contributed by atoms with Gasteiger partial charge in [-0.1, -0.05) is 115 Å². The molecule has 0 radical (unpaired) electrons. The number of esters is 2. The molecular weight excluding hydrogens is 1330 g/mol. The summed E-state index contributed by atoms with van der Waals surface area (Å²) in [6.07, 6.45) is 1.29. The Hall–Kier alpha value is -10.7. The summed E-state index contributed by atoms with van der Waals surface area (Å²) in [5.41, 5.74) is 9.09. The Labute approximate surface area is 591 Å². The van der Waals surface area contributed by atoms with Crippen molar-refractivity contribution in [2.45, 2.75) is 106 Å². The largest absolute Gasteiger partial charge is 0.467 e. The van der Waals surface area contributed by atoms with Gasteiger partial charge in [-0.15, -0.1) is 0 Å². The van der Waals surface area contributed by atoms with Crippen molar-refractivity contribution in [1.82, 2.24) is 38.9 Å². The molecular formula is C79H67N11O10S2. The van der Waals surface area contributed by atoms with Crippen molar-refractivity contribution in [2.75, 3.05) is 37.2 Å². The highest BCUT2D eigenvalue weighted by atomic mass is 32.2. The third-order valence-electron chi connectivity index (χ3n) is 21.7. The molecule has 0 spiro atoms. The molecule has 7 aliphatic rings. The van der Waals surface area contributed by atoms with E-state index in [4.69, 9.17) is 18.9 Å². The number of para-hydroxylation sites is 3. The van der Waals surface area contributed by atoms with Crippen molar-refractivity contribution in [3.8, 4) is 6.07 Å². The van der Waals surface area contributed by atoms with Crippen LogP contribution in [0.3, 0.4) is 0 Å². The summed E-state index contributed by atoms with van der Waals surface area (Å²) in [5, 5.41) is 54.8. The zero-order valence-electron chi connectivity index (χ0n) is 56.4. The monoisotopic (exact) mass is 1390 g/mol. The van der Waals surface area contributed by atoms with Gasteiger partial charge >= 0.3 is 11.9 Å². The number of fused-ring (bicyclic) bond motifs is 27. The number of allylic oxidation sites excluding steroid dienone is 1. The van der Waals surface area contributed by atoms with Crippen molar-refractivity contribution >= 4 is 152 Å². The van der Waals surface area contributed by atoms with Crippen molar-refractivity contribution < 1.29 is 48.3 Å². The summed E-state index contributed by atoms with van der Waals surface area (Å²) in [7, 11) is 2.58.